The van der Waals surface area contributed by atoms with Gasteiger partial charge in [0.05, 0.1) is 6.10 Å². The zero-order valence-corrected chi connectivity index (χ0v) is 11.4. The monoisotopic (exact) mass is 262 g/mol. The number of aliphatic hydroxyl groups is 1. The van der Waals surface area contributed by atoms with Crippen molar-refractivity contribution in [3.63, 3.8) is 0 Å². The number of ether oxygens (including phenoxy) is 2. The lowest BCUT2D eigenvalue weighted by molar-refractivity contribution is -0.0831. The van der Waals surface area contributed by atoms with E-state index in [0.717, 1.165) is 30.4 Å². The second-order valence-corrected chi connectivity index (χ2v) is 4.71. The number of rotatable bonds is 6. The van der Waals surface area contributed by atoms with Gasteiger partial charge in [-0.3, -0.25) is 0 Å². The molecule has 19 heavy (non-hydrogen) atoms. The topological polar surface area (TPSA) is 38.7 Å². The van der Waals surface area contributed by atoms with Gasteiger partial charge >= 0.3 is 0 Å². The fraction of sp³-hybridized carbons (Fsp3) is 0.500. The number of hydrogen-bond acceptors (Lipinski definition) is 3. The van der Waals surface area contributed by atoms with E-state index >= 15 is 0 Å². The van der Waals surface area contributed by atoms with Crippen molar-refractivity contribution >= 4 is 0 Å². The van der Waals surface area contributed by atoms with Crippen LogP contribution < -0.4 is 0 Å². The molecule has 1 aliphatic carbocycles. The lowest BCUT2D eigenvalue weighted by atomic mass is 9.89. The molecule has 2 atom stereocenters. The smallest absolute Gasteiger partial charge is 0.147 e. The van der Waals surface area contributed by atoms with Crippen LogP contribution in [0.3, 0.4) is 0 Å². The molecule has 0 saturated heterocycles. The Labute approximate surface area is 114 Å². The van der Waals surface area contributed by atoms with Crippen LogP contribution in [-0.4, -0.2) is 24.6 Å². The highest BCUT2D eigenvalue weighted by atomic mass is 16.7. The van der Waals surface area contributed by atoms with Crippen molar-refractivity contribution in [3.8, 4) is 0 Å². The fourth-order valence-electron chi connectivity index (χ4n) is 2.38. The van der Waals surface area contributed by atoms with Gasteiger partial charge in [0.25, 0.3) is 0 Å². The van der Waals surface area contributed by atoms with E-state index in [1.54, 1.807) is 0 Å². The van der Waals surface area contributed by atoms with Crippen LogP contribution in [0.5, 0.6) is 0 Å². The predicted molar refractivity (Wildman–Crippen MR) is 74.7 cm³/mol. The lowest BCUT2D eigenvalue weighted by Crippen LogP contribution is -2.24. The molecule has 0 spiro atoms. The molecule has 0 radical (unpaired) electrons. The van der Waals surface area contributed by atoms with Crippen LogP contribution in [0.1, 0.15) is 37.9 Å². The Morgan fingerprint density at radius 1 is 1.32 bits per heavy atom. The Balaban J connectivity index is 2.04. The molecule has 2 rings (SSSR count). The Morgan fingerprint density at radius 2 is 2.11 bits per heavy atom. The van der Waals surface area contributed by atoms with Gasteiger partial charge in [-0.25, -0.2) is 0 Å². The summed E-state index contributed by atoms with van der Waals surface area (Å²) in [5, 5.41) is 10.5. The molecule has 0 aromatic heterocycles. The summed E-state index contributed by atoms with van der Waals surface area (Å²) in [6, 6.07) is 9.73. The van der Waals surface area contributed by atoms with Gasteiger partial charge in [-0.05, 0) is 37.3 Å². The zero-order valence-electron chi connectivity index (χ0n) is 11.4. The molecule has 3 heteroatoms. The van der Waals surface area contributed by atoms with Crippen molar-refractivity contribution < 1.29 is 14.6 Å². The standard InChI is InChI=1S/C16H22O3/c1-2-18-12-19-15-11-7-6-10-14(15)16(17)13-8-4-3-5-9-13/h3-5,8-10,15-17H,2,6-7,11-12H2,1H3. The Morgan fingerprint density at radius 3 is 2.84 bits per heavy atom. The zero-order chi connectivity index (χ0) is 13.5. The number of benzene rings is 1. The summed E-state index contributed by atoms with van der Waals surface area (Å²) in [5.74, 6) is 0. The fourth-order valence-corrected chi connectivity index (χ4v) is 2.38. The molecule has 0 amide bonds. The van der Waals surface area contributed by atoms with Crippen molar-refractivity contribution in [2.24, 2.45) is 0 Å². The highest BCUT2D eigenvalue weighted by Gasteiger charge is 2.25. The molecule has 0 aliphatic heterocycles. The summed E-state index contributed by atoms with van der Waals surface area (Å²) in [5.41, 5.74) is 1.89. The van der Waals surface area contributed by atoms with E-state index in [1.807, 2.05) is 37.3 Å². The van der Waals surface area contributed by atoms with E-state index in [9.17, 15) is 5.11 Å². The summed E-state index contributed by atoms with van der Waals surface area (Å²) in [6.07, 6.45) is 4.56. The van der Waals surface area contributed by atoms with Gasteiger partial charge in [-0.1, -0.05) is 36.4 Å². The minimum atomic E-state index is -0.576. The molecule has 0 heterocycles. The third-order valence-electron chi connectivity index (χ3n) is 3.41. The summed E-state index contributed by atoms with van der Waals surface area (Å²) in [6.45, 7) is 2.88. The van der Waals surface area contributed by atoms with Crippen LogP contribution in [0.4, 0.5) is 0 Å². The summed E-state index contributed by atoms with van der Waals surface area (Å²) in [7, 11) is 0. The molecule has 1 aliphatic rings. The second-order valence-electron chi connectivity index (χ2n) is 4.71. The molecule has 0 fully saturated rings. The van der Waals surface area contributed by atoms with Gasteiger partial charge in [0.15, 0.2) is 0 Å². The highest BCUT2D eigenvalue weighted by Crippen LogP contribution is 2.31. The van der Waals surface area contributed by atoms with E-state index in [-0.39, 0.29) is 6.10 Å². The average Bonchev–Trinajstić information content (AvgIpc) is 2.48. The van der Waals surface area contributed by atoms with Gasteiger partial charge < -0.3 is 14.6 Å². The van der Waals surface area contributed by atoms with Gasteiger partial charge in [0.1, 0.15) is 12.9 Å². The molecule has 1 aromatic carbocycles. The molecular weight excluding hydrogens is 240 g/mol. The predicted octanol–water partition coefficient (Wildman–Crippen LogP) is 3.21. The van der Waals surface area contributed by atoms with Gasteiger partial charge in [0, 0.05) is 6.61 Å². The van der Waals surface area contributed by atoms with Gasteiger partial charge in [-0.15, -0.1) is 0 Å². The molecule has 1 aromatic rings. The number of hydrogen-bond donors (Lipinski definition) is 1. The van der Waals surface area contributed by atoms with Crippen LogP contribution in [0.25, 0.3) is 0 Å². The molecule has 1 N–H and O–H groups in total. The van der Waals surface area contributed by atoms with E-state index in [1.165, 1.54) is 0 Å². The maximum atomic E-state index is 10.5. The number of aliphatic hydroxyl groups excluding tert-OH is 1. The van der Waals surface area contributed by atoms with Crippen LogP contribution in [-0.2, 0) is 9.47 Å². The lowest BCUT2D eigenvalue weighted by Gasteiger charge is -2.28. The molecule has 2 unspecified atom stereocenters. The maximum absolute atomic E-state index is 10.5. The summed E-state index contributed by atoms with van der Waals surface area (Å²) >= 11 is 0. The van der Waals surface area contributed by atoms with Crippen molar-refractivity contribution in [1.82, 2.24) is 0 Å². The van der Waals surface area contributed by atoms with E-state index in [4.69, 9.17) is 9.47 Å². The first-order valence-electron chi connectivity index (χ1n) is 6.95. The highest BCUT2D eigenvalue weighted by molar-refractivity contribution is 5.29. The van der Waals surface area contributed by atoms with Gasteiger partial charge in [0.2, 0.25) is 0 Å². The number of allylic oxidation sites excluding steroid dienone is 1. The first kappa shape index (κ1) is 14.3. The van der Waals surface area contributed by atoms with Gasteiger partial charge in [-0.2, -0.15) is 0 Å². The molecule has 104 valence electrons. The Kier molecular flexibility index (Phi) is 5.58. The molecule has 0 bridgehead atoms. The van der Waals surface area contributed by atoms with Crippen molar-refractivity contribution in [2.75, 3.05) is 13.4 Å². The van der Waals surface area contributed by atoms with Crippen molar-refractivity contribution in [1.29, 1.82) is 0 Å². The van der Waals surface area contributed by atoms with Crippen LogP contribution >= 0.6 is 0 Å². The SMILES string of the molecule is CCOCOC1CCCC=C1C(O)c1ccccc1. The van der Waals surface area contributed by atoms with Crippen LogP contribution in [0.2, 0.25) is 0 Å². The average molecular weight is 262 g/mol. The maximum Gasteiger partial charge on any atom is 0.147 e. The van der Waals surface area contributed by atoms with E-state index in [0.29, 0.717) is 13.4 Å². The summed E-state index contributed by atoms with van der Waals surface area (Å²) < 4.78 is 11.0. The molecule has 0 saturated carbocycles. The normalized spacial score (nSPS) is 20.9. The van der Waals surface area contributed by atoms with Crippen LogP contribution in [0.15, 0.2) is 42.0 Å². The summed E-state index contributed by atoms with van der Waals surface area (Å²) in [4.78, 5) is 0. The van der Waals surface area contributed by atoms with Crippen molar-refractivity contribution in [3.05, 3.63) is 47.5 Å². The van der Waals surface area contributed by atoms with Crippen LogP contribution in [0, 0.1) is 0 Å². The largest absolute Gasteiger partial charge is 0.384 e. The molecular formula is C16H22O3. The van der Waals surface area contributed by atoms with E-state index < -0.39 is 6.10 Å². The first-order valence-corrected chi connectivity index (χ1v) is 6.95. The minimum Gasteiger partial charge on any atom is -0.384 e. The molecule has 3 nitrogen and oxygen atoms in total. The third-order valence-corrected chi connectivity index (χ3v) is 3.41. The minimum absolute atomic E-state index is 0.0319. The van der Waals surface area contributed by atoms with E-state index in [2.05, 4.69) is 6.08 Å². The Bertz CT molecular complexity index is 400. The first-order chi connectivity index (χ1) is 9.33. The van der Waals surface area contributed by atoms with Crippen molar-refractivity contribution in [2.45, 2.75) is 38.4 Å². The second kappa shape index (κ2) is 7.43. The Hall–Kier alpha value is -1.16. The quantitative estimate of drug-likeness (QED) is 0.486. The third kappa shape index (κ3) is 3.90.